The van der Waals surface area contributed by atoms with Gasteiger partial charge in [0.05, 0.1) is 12.3 Å². The molecule has 0 saturated heterocycles. The average Bonchev–Trinajstić information content (AvgIpc) is 3.07. The van der Waals surface area contributed by atoms with Gasteiger partial charge in [-0.3, -0.25) is 14.4 Å². The molecule has 0 atom stereocenters. The van der Waals surface area contributed by atoms with E-state index in [4.69, 9.17) is 39.5 Å². The molecule has 0 saturated carbocycles. The number of nitrogens with one attached hydrogen (secondary N) is 2. The van der Waals surface area contributed by atoms with E-state index in [0.29, 0.717) is 44.9 Å². The molecule has 3 aromatic carbocycles. The van der Waals surface area contributed by atoms with Gasteiger partial charge in [0.15, 0.2) is 0 Å². The highest BCUT2D eigenvalue weighted by Gasteiger charge is 2.39. The predicted molar refractivity (Wildman–Crippen MR) is 141 cm³/mol. The molecule has 3 amide bonds. The van der Waals surface area contributed by atoms with Crippen LogP contribution in [0.25, 0.3) is 0 Å². The number of nitrogens with zero attached hydrogens (tertiary/aromatic N) is 1. The maximum absolute atomic E-state index is 13.0. The van der Waals surface area contributed by atoms with Crippen LogP contribution in [0.4, 0.5) is 11.4 Å². The van der Waals surface area contributed by atoms with Crippen molar-refractivity contribution in [3.05, 3.63) is 98.6 Å². The Morgan fingerprint density at radius 1 is 0.944 bits per heavy atom. The molecule has 0 bridgehead atoms. The number of rotatable bonds is 8. The fraction of sp³-hybridized carbons (Fsp3) is 0.115. The summed E-state index contributed by atoms with van der Waals surface area (Å²) in [7, 11) is 0. The van der Waals surface area contributed by atoms with Crippen LogP contribution in [-0.4, -0.2) is 24.3 Å². The molecule has 0 unspecified atom stereocenters. The molecule has 10 heteroatoms. The minimum absolute atomic E-state index is 0.0824. The van der Waals surface area contributed by atoms with Gasteiger partial charge in [-0.05, 0) is 67.1 Å². The quantitative estimate of drug-likeness (QED) is 0.352. The number of hydrogen-bond donors (Lipinski definition) is 2. The number of ether oxygens (including phenoxy) is 1. The van der Waals surface area contributed by atoms with E-state index < -0.39 is 11.8 Å². The standard InChI is InChI=1S/C26H20Cl3N3O4/c1-2-36-20-10-8-19(9-11-20)32-25(34)22(29)23(26(32)35)31-18-5-3-4-15(12-18)24(33)30-14-16-6-7-17(27)13-21(16)28/h3-13,31H,2,14H2,1H3,(H,30,33). The molecule has 7 nitrogen and oxygen atoms in total. The zero-order chi connectivity index (χ0) is 25.8. The van der Waals surface area contributed by atoms with E-state index in [2.05, 4.69) is 10.6 Å². The second kappa shape index (κ2) is 11.0. The van der Waals surface area contributed by atoms with Crippen LogP contribution in [-0.2, 0) is 16.1 Å². The molecule has 4 rings (SSSR count). The van der Waals surface area contributed by atoms with Gasteiger partial charge in [0.1, 0.15) is 16.5 Å². The monoisotopic (exact) mass is 543 g/mol. The predicted octanol–water partition coefficient (Wildman–Crippen LogP) is 5.76. The number of carbonyl (C=O) groups excluding carboxylic acids is 3. The van der Waals surface area contributed by atoms with Gasteiger partial charge >= 0.3 is 0 Å². The molecule has 3 aromatic rings. The number of benzene rings is 3. The molecule has 0 aliphatic carbocycles. The van der Waals surface area contributed by atoms with Crippen LogP contribution in [0.1, 0.15) is 22.8 Å². The fourth-order valence-electron chi connectivity index (χ4n) is 3.53. The minimum Gasteiger partial charge on any atom is -0.494 e. The number of anilines is 2. The Morgan fingerprint density at radius 2 is 1.69 bits per heavy atom. The lowest BCUT2D eigenvalue weighted by Crippen LogP contribution is -2.32. The topological polar surface area (TPSA) is 87.7 Å². The van der Waals surface area contributed by atoms with Crippen LogP contribution in [0.5, 0.6) is 5.75 Å². The molecule has 1 heterocycles. The zero-order valence-electron chi connectivity index (χ0n) is 19.0. The molecular weight excluding hydrogens is 525 g/mol. The molecule has 0 aromatic heterocycles. The number of imide groups is 1. The van der Waals surface area contributed by atoms with Gasteiger partial charge in [0, 0.05) is 27.8 Å². The molecule has 1 aliphatic heterocycles. The summed E-state index contributed by atoms with van der Waals surface area (Å²) in [5.74, 6) is -0.996. The van der Waals surface area contributed by atoms with E-state index in [0.717, 1.165) is 4.90 Å². The lowest BCUT2D eigenvalue weighted by Gasteiger charge is -2.16. The van der Waals surface area contributed by atoms with Crippen molar-refractivity contribution in [1.29, 1.82) is 0 Å². The number of halogens is 3. The second-order valence-electron chi connectivity index (χ2n) is 7.69. The van der Waals surface area contributed by atoms with Crippen LogP contribution in [0.3, 0.4) is 0 Å². The van der Waals surface area contributed by atoms with Crippen molar-refractivity contribution in [3.8, 4) is 5.75 Å². The van der Waals surface area contributed by atoms with Crippen LogP contribution in [0, 0.1) is 0 Å². The maximum atomic E-state index is 13.0. The Bertz CT molecular complexity index is 1370. The smallest absolute Gasteiger partial charge is 0.283 e. The van der Waals surface area contributed by atoms with E-state index >= 15 is 0 Å². The maximum Gasteiger partial charge on any atom is 0.283 e. The lowest BCUT2D eigenvalue weighted by atomic mass is 10.1. The van der Waals surface area contributed by atoms with E-state index in [-0.39, 0.29) is 23.2 Å². The van der Waals surface area contributed by atoms with Gasteiger partial charge < -0.3 is 15.4 Å². The number of hydrogen-bond acceptors (Lipinski definition) is 5. The van der Waals surface area contributed by atoms with Crippen molar-refractivity contribution in [2.45, 2.75) is 13.5 Å². The van der Waals surface area contributed by atoms with Crippen molar-refractivity contribution in [2.75, 3.05) is 16.8 Å². The number of carbonyl (C=O) groups is 3. The van der Waals surface area contributed by atoms with Gasteiger partial charge in [-0.2, -0.15) is 0 Å². The average molecular weight is 545 g/mol. The van der Waals surface area contributed by atoms with Gasteiger partial charge in [-0.1, -0.05) is 46.9 Å². The first-order chi connectivity index (χ1) is 17.3. The Kier molecular flexibility index (Phi) is 7.84. The van der Waals surface area contributed by atoms with E-state index in [9.17, 15) is 14.4 Å². The normalized spacial score (nSPS) is 13.3. The summed E-state index contributed by atoms with van der Waals surface area (Å²) < 4.78 is 5.40. The molecule has 36 heavy (non-hydrogen) atoms. The van der Waals surface area contributed by atoms with Gasteiger partial charge in [-0.15, -0.1) is 0 Å². The second-order valence-corrected chi connectivity index (χ2v) is 8.91. The van der Waals surface area contributed by atoms with E-state index in [1.165, 1.54) is 0 Å². The fourth-order valence-corrected chi connectivity index (χ4v) is 4.22. The Labute approximate surface area is 222 Å². The largest absolute Gasteiger partial charge is 0.494 e. The summed E-state index contributed by atoms with van der Waals surface area (Å²) in [5.41, 5.74) is 1.74. The Balaban J connectivity index is 1.46. The Hall–Kier alpha value is -3.52. The van der Waals surface area contributed by atoms with Crippen molar-refractivity contribution in [2.24, 2.45) is 0 Å². The van der Waals surface area contributed by atoms with Crippen LogP contribution in [0.2, 0.25) is 10.0 Å². The van der Waals surface area contributed by atoms with E-state index in [1.807, 2.05) is 6.92 Å². The van der Waals surface area contributed by atoms with Crippen molar-refractivity contribution in [1.82, 2.24) is 5.32 Å². The van der Waals surface area contributed by atoms with Crippen molar-refractivity contribution < 1.29 is 19.1 Å². The first-order valence-corrected chi connectivity index (χ1v) is 12.0. The third kappa shape index (κ3) is 5.49. The molecular formula is C26H20Cl3N3O4. The number of amides is 3. The molecule has 184 valence electrons. The molecule has 1 aliphatic rings. The minimum atomic E-state index is -0.651. The van der Waals surface area contributed by atoms with Crippen LogP contribution < -0.4 is 20.3 Å². The Morgan fingerprint density at radius 3 is 2.39 bits per heavy atom. The van der Waals surface area contributed by atoms with Crippen LogP contribution >= 0.6 is 34.8 Å². The van der Waals surface area contributed by atoms with Gasteiger partial charge in [-0.25, -0.2) is 4.90 Å². The third-order valence-electron chi connectivity index (χ3n) is 5.28. The molecule has 0 radical (unpaired) electrons. The lowest BCUT2D eigenvalue weighted by molar-refractivity contribution is -0.120. The summed E-state index contributed by atoms with van der Waals surface area (Å²) in [6.07, 6.45) is 0. The summed E-state index contributed by atoms with van der Waals surface area (Å²) in [6.45, 7) is 2.55. The SMILES string of the molecule is CCOc1ccc(N2C(=O)C(Cl)=C(Nc3cccc(C(=O)NCc4ccc(Cl)cc4Cl)c3)C2=O)cc1. The van der Waals surface area contributed by atoms with Crippen LogP contribution in [0.15, 0.2) is 77.5 Å². The van der Waals surface area contributed by atoms with Crippen molar-refractivity contribution in [3.63, 3.8) is 0 Å². The molecule has 0 spiro atoms. The van der Waals surface area contributed by atoms with Crippen molar-refractivity contribution >= 4 is 63.9 Å². The van der Waals surface area contributed by atoms with Gasteiger partial charge in [0.2, 0.25) is 0 Å². The first-order valence-electron chi connectivity index (χ1n) is 10.9. The summed E-state index contributed by atoms with van der Waals surface area (Å²) in [6, 6.07) is 18.0. The highest BCUT2D eigenvalue weighted by atomic mass is 35.5. The highest BCUT2D eigenvalue weighted by molar-refractivity contribution is 6.53. The third-order valence-corrected chi connectivity index (χ3v) is 6.22. The summed E-state index contributed by atoms with van der Waals surface area (Å²) in [4.78, 5) is 39.4. The first kappa shape index (κ1) is 25.6. The highest BCUT2D eigenvalue weighted by Crippen LogP contribution is 2.31. The molecule has 0 fully saturated rings. The van der Waals surface area contributed by atoms with E-state index in [1.54, 1.807) is 66.7 Å². The van der Waals surface area contributed by atoms with Gasteiger partial charge in [0.25, 0.3) is 17.7 Å². The summed E-state index contributed by atoms with van der Waals surface area (Å²) >= 11 is 18.3. The zero-order valence-corrected chi connectivity index (χ0v) is 21.2. The summed E-state index contributed by atoms with van der Waals surface area (Å²) in [5, 5.41) is 6.37. The molecule has 2 N–H and O–H groups in total.